The van der Waals surface area contributed by atoms with Gasteiger partial charge in [-0.2, -0.15) is 0 Å². The smallest absolute Gasteiger partial charge is 0.161 e. The number of rotatable bonds is 8. The highest BCUT2D eigenvalue weighted by Crippen LogP contribution is 2.28. The van der Waals surface area contributed by atoms with Crippen LogP contribution < -0.4 is 9.47 Å². The van der Waals surface area contributed by atoms with E-state index in [0.717, 1.165) is 23.8 Å². The van der Waals surface area contributed by atoms with Crippen LogP contribution in [0.1, 0.15) is 17.5 Å². The van der Waals surface area contributed by atoms with Crippen LogP contribution in [0.3, 0.4) is 0 Å². The van der Waals surface area contributed by atoms with Crippen LogP contribution in [0.25, 0.3) is 0 Å². The van der Waals surface area contributed by atoms with Gasteiger partial charge in [-0.1, -0.05) is 18.2 Å². The van der Waals surface area contributed by atoms with Gasteiger partial charge < -0.3 is 19.4 Å². The van der Waals surface area contributed by atoms with E-state index in [1.165, 1.54) is 0 Å². The van der Waals surface area contributed by atoms with E-state index < -0.39 is 0 Å². The van der Waals surface area contributed by atoms with Crippen molar-refractivity contribution in [1.82, 2.24) is 0 Å². The second-order valence-corrected chi connectivity index (χ2v) is 4.96. The lowest BCUT2D eigenvalue weighted by Crippen LogP contribution is -2.03. The van der Waals surface area contributed by atoms with Gasteiger partial charge in [0.05, 0.1) is 13.7 Å². The normalized spacial score (nSPS) is 10.2. The highest BCUT2D eigenvalue weighted by molar-refractivity contribution is 5.51. The minimum Gasteiger partial charge on any atom is -0.508 e. The first-order valence-corrected chi connectivity index (χ1v) is 7.24. The van der Waals surface area contributed by atoms with Gasteiger partial charge in [0.25, 0.3) is 0 Å². The standard InChI is InChI=1S/C18H20O4/c1-21-17-9-6-15(3-2-11-19)13-18(17)22-12-10-14-4-7-16(20)8-5-14/h4-9,11,13,20H,2-3,10,12H2,1H3. The summed E-state index contributed by atoms with van der Waals surface area (Å²) in [6.07, 6.45) is 2.85. The van der Waals surface area contributed by atoms with Gasteiger partial charge in [0.1, 0.15) is 12.0 Å². The Morgan fingerprint density at radius 3 is 2.41 bits per heavy atom. The third-order valence-electron chi connectivity index (χ3n) is 3.36. The molecule has 2 aromatic rings. The first-order chi connectivity index (χ1) is 10.7. The molecule has 2 rings (SSSR count). The quantitative estimate of drug-likeness (QED) is 0.761. The summed E-state index contributed by atoms with van der Waals surface area (Å²) in [6.45, 7) is 0.512. The first kappa shape index (κ1) is 15.9. The molecule has 0 atom stereocenters. The molecular weight excluding hydrogens is 280 g/mol. The maximum absolute atomic E-state index is 10.5. The van der Waals surface area contributed by atoms with Crippen LogP contribution >= 0.6 is 0 Å². The van der Waals surface area contributed by atoms with Gasteiger partial charge in [0, 0.05) is 12.8 Å². The van der Waals surface area contributed by atoms with Crippen molar-refractivity contribution in [2.45, 2.75) is 19.3 Å². The van der Waals surface area contributed by atoms with Crippen molar-refractivity contribution in [2.75, 3.05) is 13.7 Å². The fourth-order valence-electron chi connectivity index (χ4n) is 2.16. The molecule has 0 saturated carbocycles. The summed E-state index contributed by atoms with van der Waals surface area (Å²) in [7, 11) is 1.60. The fraction of sp³-hybridized carbons (Fsp3) is 0.278. The molecular formula is C18H20O4. The predicted molar refractivity (Wildman–Crippen MR) is 84.7 cm³/mol. The number of benzene rings is 2. The number of aldehydes is 1. The molecule has 0 fully saturated rings. The number of ether oxygens (including phenoxy) is 2. The zero-order valence-electron chi connectivity index (χ0n) is 12.6. The molecule has 0 aliphatic heterocycles. The SMILES string of the molecule is COc1ccc(CCC=O)cc1OCCc1ccc(O)cc1. The Bertz CT molecular complexity index is 605. The summed E-state index contributed by atoms with van der Waals surface area (Å²) in [6, 6.07) is 12.8. The summed E-state index contributed by atoms with van der Waals surface area (Å²) >= 11 is 0. The Morgan fingerprint density at radius 2 is 1.73 bits per heavy atom. The van der Waals surface area contributed by atoms with Crippen LogP contribution in [0.15, 0.2) is 42.5 Å². The zero-order chi connectivity index (χ0) is 15.8. The van der Waals surface area contributed by atoms with Crippen LogP contribution in [-0.4, -0.2) is 25.1 Å². The number of phenolic OH excluding ortho intramolecular Hbond substituents is 1. The second kappa shape index (κ2) is 8.08. The molecule has 0 aromatic heterocycles. The average Bonchev–Trinajstić information content (AvgIpc) is 2.55. The Hall–Kier alpha value is -2.49. The van der Waals surface area contributed by atoms with Crippen LogP contribution in [0.2, 0.25) is 0 Å². The molecule has 1 N–H and O–H groups in total. The molecule has 0 aliphatic carbocycles. The fourth-order valence-corrected chi connectivity index (χ4v) is 2.16. The van der Waals surface area contributed by atoms with Crippen LogP contribution in [0.5, 0.6) is 17.2 Å². The van der Waals surface area contributed by atoms with Gasteiger partial charge in [0.2, 0.25) is 0 Å². The zero-order valence-corrected chi connectivity index (χ0v) is 12.6. The molecule has 22 heavy (non-hydrogen) atoms. The number of hydrogen-bond acceptors (Lipinski definition) is 4. The molecule has 0 aliphatic rings. The van der Waals surface area contributed by atoms with Crippen molar-refractivity contribution in [3.8, 4) is 17.2 Å². The maximum atomic E-state index is 10.5. The lowest BCUT2D eigenvalue weighted by Gasteiger charge is -2.12. The van der Waals surface area contributed by atoms with E-state index in [1.807, 2.05) is 30.3 Å². The summed E-state index contributed by atoms with van der Waals surface area (Å²) < 4.78 is 11.1. The van der Waals surface area contributed by atoms with Crippen molar-refractivity contribution in [2.24, 2.45) is 0 Å². The van der Waals surface area contributed by atoms with E-state index in [9.17, 15) is 9.90 Å². The Balaban J connectivity index is 1.97. The van der Waals surface area contributed by atoms with Gasteiger partial charge in [-0.05, 0) is 41.8 Å². The van der Waals surface area contributed by atoms with Crippen molar-refractivity contribution in [3.05, 3.63) is 53.6 Å². The number of carbonyl (C=O) groups is 1. The van der Waals surface area contributed by atoms with E-state index in [2.05, 4.69) is 0 Å². The molecule has 2 aromatic carbocycles. The first-order valence-electron chi connectivity index (χ1n) is 7.24. The summed E-state index contributed by atoms with van der Waals surface area (Å²) in [4.78, 5) is 10.5. The predicted octanol–water partition coefficient (Wildman–Crippen LogP) is 3.15. The van der Waals surface area contributed by atoms with Gasteiger partial charge in [0.15, 0.2) is 11.5 Å². The van der Waals surface area contributed by atoms with Crippen LogP contribution in [0.4, 0.5) is 0 Å². The molecule has 0 amide bonds. The topological polar surface area (TPSA) is 55.8 Å². The Kier molecular flexibility index (Phi) is 5.83. The van der Waals surface area contributed by atoms with E-state index in [0.29, 0.717) is 30.9 Å². The maximum Gasteiger partial charge on any atom is 0.161 e. The van der Waals surface area contributed by atoms with Crippen LogP contribution in [-0.2, 0) is 17.6 Å². The van der Waals surface area contributed by atoms with Gasteiger partial charge in [-0.3, -0.25) is 0 Å². The van der Waals surface area contributed by atoms with Crippen molar-refractivity contribution >= 4 is 6.29 Å². The molecule has 0 unspecified atom stereocenters. The summed E-state index contributed by atoms with van der Waals surface area (Å²) in [5, 5.41) is 9.26. The van der Waals surface area contributed by atoms with Crippen molar-refractivity contribution in [1.29, 1.82) is 0 Å². The number of aryl methyl sites for hydroxylation is 1. The third-order valence-corrected chi connectivity index (χ3v) is 3.36. The highest BCUT2D eigenvalue weighted by Gasteiger charge is 2.06. The van der Waals surface area contributed by atoms with E-state index in [-0.39, 0.29) is 5.75 Å². The molecule has 0 spiro atoms. The lowest BCUT2D eigenvalue weighted by atomic mass is 10.1. The third kappa shape index (κ3) is 4.52. The molecule has 116 valence electrons. The number of phenols is 1. The number of carbonyl (C=O) groups excluding carboxylic acids is 1. The molecule has 0 saturated heterocycles. The van der Waals surface area contributed by atoms with Crippen molar-refractivity contribution in [3.63, 3.8) is 0 Å². The number of hydrogen-bond donors (Lipinski definition) is 1. The molecule has 0 radical (unpaired) electrons. The minimum atomic E-state index is 0.259. The Labute approximate surface area is 130 Å². The van der Waals surface area contributed by atoms with Crippen LogP contribution in [0, 0.1) is 0 Å². The summed E-state index contributed by atoms with van der Waals surface area (Å²) in [5.41, 5.74) is 2.14. The highest BCUT2D eigenvalue weighted by atomic mass is 16.5. The molecule has 4 heteroatoms. The lowest BCUT2D eigenvalue weighted by molar-refractivity contribution is -0.107. The van der Waals surface area contributed by atoms with E-state index in [1.54, 1.807) is 19.2 Å². The van der Waals surface area contributed by atoms with Crippen molar-refractivity contribution < 1.29 is 19.4 Å². The van der Waals surface area contributed by atoms with Gasteiger partial charge in [-0.25, -0.2) is 0 Å². The summed E-state index contributed by atoms with van der Waals surface area (Å²) in [5.74, 6) is 1.62. The van der Waals surface area contributed by atoms with E-state index in [4.69, 9.17) is 9.47 Å². The molecule has 0 bridgehead atoms. The molecule has 0 heterocycles. The van der Waals surface area contributed by atoms with E-state index >= 15 is 0 Å². The second-order valence-electron chi connectivity index (χ2n) is 4.96. The number of methoxy groups -OCH3 is 1. The monoisotopic (exact) mass is 300 g/mol. The average molecular weight is 300 g/mol. The Morgan fingerprint density at radius 1 is 1.00 bits per heavy atom. The largest absolute Gasteiger partial charge is 0.508 e. The molecule has 4 nitrogen and oxygen atoms in total. The number of aromatic hydroxyl groups is 1. The van der Waals surface area contributed by atoms with Gasteiger partial charge >= 0.3 is 0 Å². The minimum absolute atomic E-state index is 0.259. The van der Waals surface area contributed by atoms with Gasteiger partial charge in [-0.15, -0.1) is 0 Å².